The maximum absolute atomic E-state index is 11.2. The predicted molar refractivity (Wildman–Crippen MR) is 99.0 cm³/mol. The molecule has 1 aromatic carbocycles. The van der Waals surface area contributed by atoms with Gasteiger partial charge in [-0.25, -0.2) is 23.1 Å². The average molecular weight is 441 g/mol. The van der Waals surface area contributed by atoms with Crippen LogP contribution in [0.25, 0.3) is 4.96 Å². The quantitative estimate of drug-likeness (QED) is 0.469. The predicted octanol–water partition coefficient (Wildman–Crippen LogP) is 2.89. The molecule has 0 atom stereocenters. The molecule has 0 aliphatic rings. The lowest BCUT2D eigenvalue weighted by molar-refractivity contribution is 0.446. The number of primary sulfonamides is 1. The summed E-state index contributed by atoms with van der Waals surface area (Å²) >= 11 is 4.29. The van der Waals surface area contributed by atoms with Gasteiger partial charge in [0, 0.05) is 10.9 Å². The van der Waals surface area contributed by atoms with E-state index in [0.717, 1.165) is 21.5 Å². The van der Waals surface area contributed by atoms with E-state index in [0.29, 0.717) is 22.9 Å². The fourth-order valence-electron chi connectivity index (χ4n) is 1.94. The van der Waals surface area contributed by atoms with Gasteiger partial charge >= 0.3 is 0 Å². The third-order valence-corrected chi connectivity index (χ3v) is 5.77. The summed E-state index contributed by atoms with van der Waals surface area (Å²) in [5.41, 5.74) is 0.743. The molecule has 130 valence electrons. The number of halogens is 1. The zero-order chi connectivity index (χ0) is 18.0. The molecule has 10 heteroatoms. The Hall–Kier alpha value is -2.01. The monoisotopic (exact) mass is 440 g/mol. The van der Waals surface area contributed by atoms with Crippen LogP contribution in [-0.2, 0) is 16.4 Å². The van der Waals surface area contributed by atoms with Crippen LogP contribution >= 0.6 is 27.3 Å². The van der Waals surface area contributed by atoms with Gasteiger partial charge in [-0.15, -0.1) is 5.10 Å². The first-order valence-corrected chi connectivity index (χ1v) is 10.1. The van der Waals surface area contributed by atoms with Crippen molar-refractivity contribution in [1.29, 1.82) is 0 Å². The lowest BCUT2D eigenvalue weighted by atomic mass is 10.3. The molecule has 0 saturated heterocycles. The molecule has 3 aromatic rings. The number of hydrogen-bond donors (Lipinski definition) is 1. The van der Waals surface area contributed by atoms with Crippen LogP contribution in [0.15, 0.2) is 63.8 Å². The summed E-state index contributed by atoms with van der Waals surface area (Å²) in [5, 5.41) is 8.94. The number of nitrogens with zero attached hydrogens (tertiary/aromatic N) is 3. The highest BCUT2D eigenvalue weighted by Gasteiger charge is 2.16. The first-order chi connectivity index (χ1) is 11.8. The average Bonchev–Trinajstić information content (AvgIpc) is 3.07. The van der Waals surface area contributed by atoms with Crippen molar-refractivity contribution in [2.24, 2.45) is 5.14 Å². The molecule has 0 unspecified atom stereocenters. The van der Waals surface area contributed by atoms with Crippen molar-refractivity contribution >= 4 is 42.3 Å². The molecule has 25 heavy (non-hydrogen) atoms. The van der Waals surface area contributed by atoms with Crippen LogP contribution < -0.4 is 9.88 Å². The van der Waals surface area contributed by atoms with Gasteiger partial charge in [0.2, 0.25) is 9.30 Å². The van der Waals surface area contributed by atoms with E-state index >= 15 is 0 Å². The zero-order valence-electron chi connectivity index (χ0n) is 12.8. The SMILES string of the molecule is C=C(C=CCc1cn2nc(S(N)(=O)=O)sc2n1)Oc1ccc(Br)cc1. The minimum atomic E-state index is -3.81. The summed E-state index contributed by atoms with van der Waals surface area (Å²) < 4.78 is 30.3. The van der Waals surface area contributed by atoms with E-state index < -0.39 is 10.0 Å². The highest BCUT2D eigenvalue weighted by Crippen LogP contribution is 2.19. The van der Waals surface area contributed by atoms with Crippen LogP contribution in [0.2, 0.25) is 0 Å². The van der Waals surface area contributed by atoms with Crippen molar-refractivity contribution in [3.63, 3.8) is 0 Å². The van der Waals surface area contributed by atoms with Gasteiger partial charge < -0.3 is 4.74 Å². The summed E-state index contributed by atoms with van der Waals surface area (Å²) in [4.78, 5) is 4.78. The van der Waals surface area contributed by atoms with Gasteiger partial charge in [0.25, 0.3) is 10.0 Å². The van der Waals surface area contributed by atoms with Gasteiger partial charge in [0.1, 0.15) is 11.5 Å². The van der Waals surface area contributed by atoms with E-state index in [9.17, 15) is 8.42 Å². The largest absolute Gasteiger partial charge is 0.458 e. The van der Waals surface area contributed by atoms with E-state index in [1.54, 1.807) is 12.3 Å². The van der Waals surface area contributed by atoms with E-state index in [1.807, 2.05) is 30.3 Å². The minimum Gasteiger partial charge on any atom is -0.458 e. The minimum absolute atomic E-state index is 0.159. The summed E-state index contributed by atoms with van der Waals surface area (Å²) in [7, 11) is -3.81. The second-order valence-electron chi connectivity index (χ2n) is 5.00. The van der Waals surface area contributed by atoms with Crippen LogP contribution in [0.4, 0.5) is 0 Å². The fraction of sp³-hybridized carbons (Fsp3) is 0.0667. The van der Waals surface area contributed by atoms with Crippen LogP contribution in [0.1, 0.15) is 5.69 Å². The Bertz CT molecular complexity index is 1020. The molecule has 0 bridgehead atoms. The highest BCUT2D eigenvalue weighted by atomic mass is 79.9. The fourth-order valence-corrected chi connectivity index (χ4v) is 3.73. The van der Waals surface area contributed by atoms with E-state index in [4.69, 9.17) is 9.88 Å². The van der Waals surface area contributed by atoms with Crippen molar-refractivity contribution in [3.05, 3.63) is 65.1 Å². The molecule has 0 amide bonds. The molecule has 2 N–H and O–H groups in total. The molecular formula is C15H13BrN4O3S2. The smallest absolute Gasteiger partial charge is 0.267 e. The Balaban J connectivity index is 1.61. The molecule has 7 nitrogen and oxygen atoms in total. The standard InChI is InChI=1S/C15H13BrN4O3S2/c1-10(23-13-7-5-11(16)6-8-13)3-2-4-12-9-20-14(18-12)24-15(19-20)25(17,21)22/h2-3,5-9H,1,4H2,(H2,17,21,22). The van der Waals surface area contributed by atoms with Crippen molar-refractivity contribution in [3.8, 4) is 5.75 Å². The maximum atomic E-state index is 11.2. The van der Waals surface area contributed by atoms with Gasteiger partial charge in [0.15, 0.2) is 0 Å². The van der Waals surface area contributed by atoms with Crippen molar-refractivity contribution < 1.29 is 13.2 Å². The summed E-state index contributed by atoms with van der Waals surface area (Å²) in [6.45, 7) is 3.84. The second-order valence-corrected chi connectivity index (χ2v) is 8.61. The van der Waals surface area contributed by atoms with Crippen LogP contribution in [0.3, 0.4) is 0 Å². The van der Waals surface area contributed by atoms with Crippen molar-refractivity contribution in [2.45, 2.75) is 10.8 Å². The number of sulfonamides is 1. The number of aromatic nitrogens is 3. The molecule has 2 aromatic heterocycles. The molecule has 0 saturated carbocycles. The molecule has 0 radical (unpaired) electrons. The summed E-state index contributed by atoms with van der Waals surface area (Å²) in [6.07, 6.45) is 5.79. The number of benzene rings is 1. The first-order valence-electron chi connectivity index (χ1n) is 6.98. The Morgan fingerprint density at radius 2 is 2.12 bits per heavy atom. The van der Waals surface area contributed by atoms with Crippen molar-refractivity contribution in [2.75, 3.05) is 0 Å². The maximum Gasteiger partial charge on any atom is 0.267 e. The van der Waals surface area contributed by atoms with Gasteiger partial charge in [-0.1, -0.05) is 39.9 Å². The van der Waals surface area contributed by atoms with Gasteiger partial charge in [-0.05, 0) is 30.3 Å². The van der Waals surface area contributed by atoms with Gasteiger partial charge in [0.05, 0.1) is 11.9 Å². The topological polar surface area (TPSA) is 99.6 Å². The van der Waals surface area contributed by atoms with Crippen LogP contribution in [-0.4, -0.2) is 23.0 Å². The molecule has 0 fully saturated rings. The van der Waals surface area contributed by atoms with Crippen LogP contribution in [0, 0.1) is 0 Å². The Morgan fingerprint density at radius 3 is 2.76 bits per heavy atom. The van der Waals surface area contributed by atoms with Gasteiger partial charge in [-0.2, -0.15) is 0 Å². The number of ether oxygens (including phenoxy) is 1. The third kappa shape index (κ3) is 4.54. The van der Waals surface area contributed by atoms with E-state index in [1.165, 1.54) is 4.52 Å². The molecule has 0 aliphatic carbocycles. The number of allylic oxidation sites excluding steroid dienone is 2. The Labute approximate surface area is 156 Å². The molecular weight excluding hydrogens is 428 g/mol. The van der Waals surface area contributed by atoms with Crippen molar-refractivity contribution in [1.82, 2.24) is 14.6 Å². The summed E-state index contributed by atoms with van der Waals surface area (Å²) in [5.74, 6) is 1.19. The lowest BCUT2D eigenvalue weighted by Gasteiger charge is -2.04. The van der Waals surface area contributed by atoms with E-state index in [2.05, 4.69) is 32.6 Å². The normalized spacial score (nSPS) is 12.1. The second kappa shape index (κ2) is 7.08. The molecule has 3 rings (SSSR count). The van der Waals surface area contributed by atoms with E-state index in [-0.39, 0.29) is 4.34 Å². The van der Waals surface area contributed by atoms with Gasteiger partial charge in [-0.3, -0.25) is 0 Å². The summed E-state index contributed by atoms with van der Waals surface area (Å²) in [6, 6.07) is 7.43. The molecule has 2 heterocycles. The molecule has 0 spiro atoms. The van der Waals surface area contributed by atoms with Crippen LogP contribution in [0.5, 0.6) is 5.75 Å². The number of fused-ring (bicyclic) bond motifs is 1. The highest BCUT2D eigenvalue weighted by molar-refractivity contribution is 9.10. The lowest BCUT2D eigenvalue weighted by Crippen LogP contribution is -2.12. The third-order valence-electron chi connectivity index (χ3n) is 3.01. The Morgan fingerprint density at radius 1 is 1.40 bits per heavy atom. The number of imidazole rings is 1. The first kappa shape index (κ1) is 17.8. The number of nitrogens with two attached hydrogens (primary N) is 1. The number of rotatable bonds is 6. The zero-order valence-corrected chi connectivity index (χ0v) is 16.0. The molecule has 0 aliphatic heterocycles. The number of hydrogen-bond acceptors (Lipinski definition) is 6. The Kier molecular flexibility index (Phi) is 5.04.